The molecule has 1 aromatic rings. The molecule has 0 spiro atoms. The average molecular weight is 266 g/mol. The van der Waals surface area contributed by atoms with Crippen molar-refractivity contribution in [1.29, 1.82) is 0 Å². The molecular formula is C14H22N2OS. The summed E-state index contributed by atoms with van der Waals surface area (Å²) in [6.07, 6.45) is 0. The highest BCUT2D eigenvalue weighted by atomic mass is 32.2. The van der Waals surface area contributed by atoms with Crippen molar-refractivity contribution in [3.63, 3.8) is 0 Å². The molecule has 0 aliphatic carbocycles. The number of nitrogens with one attached hydrogen (secondary N) is 2. The molecule has 1 heterocycles. The minimum atomic E-state index is 0.420. The van der Waals surface area contributed by atoms with Crippen molar-refractivity contribution in [2.75, 3.05) is 31.6 Å². The van der Waals surface area contributed by atoms with E-state index >= 15 is 0 Å². The first-order chi connectivity index (χ1) is 8.74. The van der Waals surface area contributed by atoms with Gasteiger partial charge in [-0.3, -0.25) is 0 Å². The number of thioether (sulfide) groups is 1. The third-order valence-corrected chi connectivity index (χ3v) is 3.79. The Morgan fingerprint density at radius 3 is 2.78 bits per heavy atom. The molecule has 1 atom stereocenters. The normalized spacial score (nSPS) is 20.1. The number of morpholine rings is 1. The number of anilines is 1. The van der Waals surface area contributed by atoms with Crippen molar-refractivity contribution in [3.8, 4) is 0 Å². The van der Waals surface area contributed by atoms with Gasteiger partial charge in [0.25, 0.3) is 0 Å². The van der Waals surface area contributed by atoms with Gasteiger partial charge in [0, 0.05) is 35.0 Å². The fraction of sp³-hybridized carbons (Fsp3) is 0.571. The highest BCUT2D eigenvalue weighted by molar-refractivity contribution is 7.99. The van der Waals surface area contributed by atoms with Crippen molar-refractivity contribution in [1.82, 2.24) is 5.32 Å². The number of rotatable bonds is 5. The molecule has 0 amide bonds. The van der Waals surface area contributed by atoms with Crippen LogP contribution in [-0.4, -0.2) is 37.6 Å². The van der Waals surface area contributed by atoms with Crippen LogP contribution in [-0.2, 0) is 4.74 Å². The van der Waals surface area contributed by atoms with Gasteiger partial charge in [-0.05, 0) is 24.3 Å². The topological polar surface area (TPSA) is 33.3 Å². The smallest absolute Gasteiger partial charge is 0.0637 e. The van der Waals surface area contributed by atoms with E-state index in [-0.39, 0.29) is 0 Å². The third kappa shape index (κ3) is 4.52. The van der Waals surface area contributed by atoms with Gasteiger partial charge < -0.3 is 15.4 Å². The summed E-state index contributed by atoms with van der Waals surface area (Å²) in [7, 11) is 0. The maximum absolute atomic E-state index is 5.43. The summed E-state index contributed by atoms with van der Waals surface area (Å²) in [6.45, 7) is 7.93. The van der Waals surface area contributed by atoms with Crippen LogP contribution >= 0.6 is 11.8 Å². The molecule has 1 aliphatic rings. The summed E-state index contributed by atoms with van der Waals surface area (Å²) < 4.78 is 5.43. The molecule has 1 saturated heterocycles. The maximum atomic E-state index is 5.43. The minimum absolute atomic E-state index is 0.420. The molecule has 0 saturated carbocycles. The third-order valence-electron chi connectivity index (χ3n) is 2.78. The first-order valence-electron chi connectivity index (χ1n) is 6.56. The van der Waals surface area contributed by atoms with E-state index in [9.17, 15) is 0 Å². The summed E-state index contributed by atoms with van der Waals surface area (Å²) in [5.74, 6) is 0. The van der Waals surface area contributed by atoms with Crippen LogP contribution in [0.5, 0.6) is 0 Å². The quantitative estimate of drug-likeness (QED) is 0.803. The Morgan fingerprint density at radius 2 is 2.17 bits per heavy atom. The van der Waals surface area contributed by atoms with Crippen molar-refractivity contribution in [2.24, 2.45) is 0 Å². The second kappa shape index (κ2) is 7.02. The first-order valence-corrected chi connectivity index (χ1v) is 7.44. The van der Waals surface area contributed by atoms with E-state index in [2.05, 4.69) is 48.7 Å². The van der Waals surface area contributed by atoms with E-state index in [4.69, 9.17) is 4.74 Å². The summed E-state index contributed by atoms with van der Waals surface area (Å²) in [4.78, 5) is 1.33. The van der Waals surface area contributed by atoms with E-state index in [1.165, 1.54) is 10.6 Å². The van der Waals surface area contributed by atoms with Gasteiger partial charge in [-0.15, -0.1) is 11.8 Å². The van der Waals surface area contributed by atoms with Gasteiger partial charge in [-0.25, -0.2) is 0 Å². The summed E-state index contributed by atoms with van der Waals surface area (Å²) in [5.41, 5.74) is 1.18. The lowest BCUT2D eigenvalue weighted by Gasteiger charge is -2.24. The van der Waals surface area contributed by atoms with Gasteiger partial charge in [0.05, 0.1) is 13.2 Å². The largest absolute Gasteiger partial charge is 0.383 e. The van der Waals surface area contributed by atoms with Gasteiger partial charge in [0.1, 0.15) is 0 Å². The maximum Gasteiger partial charge on any atom is 0.0637 e. The molecule has 2 rings (SSSR count). The molecule has 1 aliphatic heterocycles. The summed E-state index contributed by atoms with van der Waals surface area (Å²) in [5, 5.41) is 7.51. The fourth-order valence-electron chi connectivity index (χ4n) is 1.92. The number of hydrogen-bond acceptors (Lipinski definition) is 4. The fourth-order valence-corrected chi connectivity index (χ4v) is 2.75. The second-order valence-corrected chi connectivity index (χ2v) is 6.45. The number of hydrogen-bond donors (Lipinski definition) is 2. The van der Waals surface area contributed by atoms with Crippen molar-refractivity contribution >= 4 is 17.4 Å². The first kappa shape index (κ1) is 13.7. The lowest BCUT2D eigenvalue weighted by atomic mass is 10.2. The van der Waals surface area contributed by atoms with Crippen LogP contribution in [0.1, 0.15) is 13.8 Å². The van der Waals surface area contributed by atoms with E-state index in [0.717, 1.165) is 26.3 Å². The lowest BCUT2D eigenvalue weighted by Crippen LogP contribution is -2.45. The molecule has 3 nitrogen and oxygen atoms in total. The molecular weight excluding hydrogens is 244 g/mol. The predicted molar refractivity (Wildman–Crippen MR) is 78.5 cm³/mol. The van der Waals surface area contributed by atoms with Gasteiger partial charge in [-0.1, -0.05) is 13.8 Å². The molecule has 0 radical (unpaired) electrons. The van der Waals surface area contributed by atoms with Crippen molar-refractivity contribution in [3.05, 3.63) is 24.3 Å². The average Bonchev–Trinajstić information content (AvgIpc) is 2.38. The van der Waals surface area contributed by atoms with Crippen LogP contribution in [0.4, 0.5) is 5.69 Å². The Hall–Kier alpha value is -0.710. The molecule has 0 bridgehead atoms. The highest BCUT2D eigenvalue weighted by Crippen LogP contribution is 2.24. The van der Waals surface area contributed by atoms with E-state index < -0.39 is 0 Å². The van der Waals surface area contributed by atoms with Crippen LogP contribution in [0, 0.1) is 0 Å². The Morgan fingerprint density at radius 1 is 1.39 bits per heavy atom. The zero-order valence-corrected chi connectivity index (χ0v) is 11.9. The van der Waals surface area contributed by atoms with Crippen LogP contribution in [0.15, 0.2) is 29.2 Å². The lowest BCUT2D eigenvalue weighted by molar-refractivity contribution is 0.0806. The van der Waals surface area contributed by atoms with E-state index in [1.54, 1.807) is 0 Å². The summed E-state index contributed by atoms with van der Waals surface area (Å²) >= 11 is 1.89. The zero-order valence-electron chi connectivity index (χ0n) is 11.1. The summed E-state index contributed by atoms with van der Waals surface area (Å²) in [6, 6.07) is 9.07. The molecule has 100 valence electrons. The SMILES string of the molecule is CC(C)Sc1ccc(NCC2COCCN2)cc1. The van der Waals surface area contributed by atoms with Gasteiger partial charge >= 0.3 is 0 Å². The molecule has 1 fully saturated rings. The molecule has 1 aromatic carbocycles. The van der Waals surface area contributed by atoms with Gasteiger partial charge in [0.2, 0.25) is 0 Å². The van der Waals surface area contributed by atoms with Crippen LogP contribution in [0.2, 0.25) is 0 Å². The molecule has 18 heavy (non-hydrogen) atoms. The van der Waals surface area contributed by atoms with Crippen molar-refractivity contribution in [2.45, 2.75) is 30.0 Å². The number of ether oxygens (including phenoxy) is 1. The Bertz CT molecular complexity index is 347. The Balaban J connectivity index is 1.78. The molecule has 0 aromatic heterocycles. The highest BCUT2D eigenvalue weighted by Gasteiger charge is 2.11. The number of benzene rings is 1. The van der Waals surface area contributed by atoms with E-state index in [1.807, 2.05) is 11.8 Å². The molecule has 1 unspecified atom stereocenters. The van der Waals surface area contributed by atoms with E-state index in [0.29, 0.717) is 11.3 Å². The Kier molecular flexibility index (Phi) is 5.35. The van der Waals surface area contributed by atoms with Crippen LogP contribution in [0.25, 0.3) is 0 Å². The van der Waals surface area contributed by atoms with Gasteiger partial charge in [-0.2, -0.15) is 0 Å². The predicted octanol–water partition coefficient (Wildman–Crippen LogP) is 2.59. The van der Waals surface area contributed by atoms with Crippen LogP contribution in [0.3, 0.4) is 0 Å². The van der Waals surface area contributed by atoms with Crippen molar-refractivity contribution < 1.29 is 4.74 Å². The zero-order chi connectivity index (χ0) is 12.8. The standard InChI is InChI=1S/C14H22N2OS/c1-11(2)18-14-5-3-12(4-6-14)16-9-13-10-17-8-7-15-13/h3-6,11,13,15-16H,7-10H2,1-2H3. The molecule has 4 heteroatoms. The minimum Gasteiger partial charge on any atom is -0.383 e. The Labute approximate surface area is 114 Å². The molecule has 2 N–H and O–H groups in total. The van der Waals surface area contributed by atoms with Gasteiger partial charge in [0.15, 0.2) is 0 Å². The second-order valence-electron chi connectivity index (χ2n) is 4.80. The monoisotopic (exact) mass is 266 g/mol. The van der Waals surface area contributed by atoms with Crippen LogP contribution < -0.4 is 10.6 Å².